The van der Waals surface area contributed by atoms with Gasteiger partial charge in [-0.15, -0.1) is 0 Å². The topological polar surface area (TPSA) is 228 Å². The van der Waals surface area contributed by atoms with E-state index in [-0.39, 0.29) is 18.9 Å². The van der Waals surface area contributed by atoms with Gasteiger partial charge in [-0.2, -0.15) is 0 Å². The van der Waals surface area contributed by atoms with Gasteiger partial charge >= 0.3 is 0 Å². The summed E-state index contributed by atoms with van der Waals surface area (Å²) in [7, 11) is 0. The van der Waals surface area contributed by atoms with Crippen LogP contribution in [0.2, 0.25) is 0 Å². The van der Waals surface area contributed by atoms with Gasteiger partial charge in [0.15, 0.2) is 12.6 Å². The number of aliphatic hydroxyl groups excluding tert-OH is 8. The molecule has 14 nitrogen and oxygen atoms in total. The van der Waals surface area contributed by atoms with Gasteiger partial charge in [0.05, 0.1) is 32.0 Å². The Balaban J connectivity index is 1.77. The highest BCUT2D eigenvalue weighted by Gasteiger charge is 2.51. The number of hydrogen-bond acceptors (Lipinski definition) is 13. The Morgan fingerprint density at radius 1 is 0.474 bits per heavy atom. The van der Waals surface area contributed by atoms with Crippen LogP contribution in [0.1, 0.15) is 245 Å². The van der Waals surface area contributed by atoms with Crippen molar-refractivity contribution in [3.63, 3.8) is 0 Å². The number of rotatable bonds is 49. The van der Waals surface area contributed by atoms with E-state index in [1.54, 1.807) is 6.08 Å². The molecule has 1 amide bonds. The smallest absolute Gasteiger partial charge is 0.220 e. The van der Waals surface area contributed by atoms with Gasteiger partial charge in [0.1, 0.15) is 48.8 Å². The van der Waals surface area contributed by atoms with Gasteiger partial charge < -0.3 is 65.1 Å². The third-order valence-electron chi connectivity index (χ3n) is 15.0. The van der Waals surface area contributed by atoms with Crippen LogP contribution >= 0.6 is 0 Å². The Bertz CT molecular complexity index is 1460. The standard InChI is InChI=1S/C62H113NO13/c1-3-5-7-9-11-13-15-17-19-21-23-24-25-26-28-29-31-33-35-37-39-41-43-45-51(66)50(63-54(67)46-44-42-40-38-36-34-32-30-27-22-20-18-16-14-12-10-8-6-4-2)49-73-61-59(72)57(70)60(53(48-65)75-61)76-62-58(71)56(69)55(68)52(47-64)74-62/h12,14,18,20,35,37,43,45,50-53,55-62,64-66,68-72H,3-11,13,15-17,19,21-34,36,38-42,44,46-49H2,1-2H3,(H,63,67)/b14-12-,20-18-,37-35+,45-43+. The van der Waals surface area contributed by atoms with Gasteiger partial charge in [0.2, 0.25) is 5.91 Å². The molecule has 2 fully saturated rings. The average Bonchev–Trinajstić information content (AvgIpc) is 3.42. The van der Waals surface area contributed by atoms with Crippen LogP contribution in [-0.2, 0) is 23.7 Å². The van der Waals surface area contributed by atoms with Crippen LogP contribution in [0.4, 0.5) is 0 Å². The van der Waals surface area contributed by atoms with Crippen molar-refractivity contribution in [3.05, 3.63) is 48.6 Å². The maximum atomic E-state index is 13.3. The normalized spacial score (nSPS) is 25.2. The third kappa shape index (κ3) is 32.9. The SMILES string of the molecule is CCCCC/C=C\C/C=C\CCCCCCCCCCCC(=O)NC(COC1OC(CO)C(OC2OC(CO)C(O)C(O)C2O)C(O)C1O)C(O)/C=C/CC/C=C/CCCCCCCCCCCCCCCCCCC. The maximum absolute atomic E-state index is 13.3. The first kappa shape index (κ1) is 70.1. The van der Waals surface area contributed by atoms with Gasteiger partial charge in [0, 0.05) is 6.42 Å². The van der Waals surface area contributed by atoms with Crippen LogP contribution in [0, 0.1) is 0 Å². The van der Waals surface area contributed by atoms with Crippen LogP contribution in [0.15, 0.2) is 48.6 Å². The highest BCUT2D eigenvalue weighted by molar-refractivity contribution is 5.76. The number of carbonyl (C=O) groups excluding carboxylic acids is 1. The molecule has 444 valence electrons. The second-order valence-electron chi connectivity index (χ2n) is 21.8. The van der Waals surface area contributed by atoms with Crippen LogP contribution in [0.25, 0.3) is 0 Å². The lowest BCUT2D eigenvalue weighted by Gasteiger charge is -2.46. The summed E-state index contributed by atoms with van der Waals surface area (Å²) in [6.45, 7) is 2.77. The van der Waals surface area contributed by atoms with Crippen molar-refractivity contribution in [2.24, 2.45) is 0 Å². The molecule has 2 aliphatic rings. The number of ether oxygens (including phenoxy) is 4. The van der Waals surface area contributed by atoms with E-state index in [2.05, 4.69) is 55.6 Å². The first-order valence-electron chi connectivity index (χ1n) is 30.9. The van der Waals surface area contributed by atoms with Crippen molar-refractivity contribution < 1.29 is 64.6 Å². The molecule has 12 atom stereocenters. The molecule has 0 aliphatic carbocycles. The average molecular weight is 1080 g/mol. The number of nitrogens with one attached hydrogen (secondary N) is 1. The zero-order chi connectivity index (χ0) is 55.3. The summed E-state index contributed by atoms with van der Waals surface area (Å²) >= 11 is 0. The minimum absolute atomic E-state index is 0.253. The van der Waals surface area contributed by atoms with Crippen molar-refractivity contribution in [1.29, 1.82) is 0 Å². The lowest BCUT2D eigenvalue weighted by Crippen LogP contribution is -2.65. The van der Waals surface area contributed by atoms with Crippen molar-refractivity contribution in [2.45, 2.75) is 319 Å². The van der Waals surface area contributed by atoms with Gasteiger partial charge in [-0.1, -0.05) is 223 Å². The van der Waals surface area contributed by atoms with E-state index in [1.165, 1.54) is 167 Å². The molecule has 0 aromatic rings. The molecule has 2 saturated heterocycles. The molecule has 0 aromatic heterocycles. The van der Waals surface area contributed by atoms with E-state index >= 15 is 0 Å². The second-order valence-corrected chi connectivity index (χ2v) is 21.8. The molecule has 0 bridgehead atoms. The van der Waals surface area contributed by atoms with Gasteiger partial charge in [-0.05, 0) is 64.2 Å². The summed E-state index contributed by atoms with van der Waals surface area (Å²) in [5.41, 5.74) is 0. The quantitative estimate of drug-likeness (QED) is 0.0204. The predicted molar refractivity (Wildman–Crippen MR) is 304 cm³/mol. The Kier molecular flexibility index (Phi) is 44.0. The number of carbonyl (C=O) groups is 1. The summed E-state index contributed by atoms with van der Waals surface area (Å²) in [5.74, 6) is -0.253. The highest BCUT2D eigenvalue weighted by Crippen LogP contribution is 2.30. The molecule has 14 heteroatoms. The molecule has 0 spiro atoms. The molecule has 0 radical (unpaired) electrons. The monoisotopic (exact) mass is 1080 g/mol. The Morgan fingerprint density at radius 2 is 0.882 bits per heavy atom. The van der Waals surface area contributed by atoms with E-state index in [1.807, 2.05) is 6.08 Å². The number of hydrogen-bond donors (Lipinski definition) is 9. The second kappa shape index (κ2) is 47.7. The lowest BCUT2D eigenvalue weighted by atomic mass is 9.97. The molecule has 12 unspecified atom stereocenters. The largest absolute Gasteiger partial charge is 0.394 e. The summed E-state index contributed by atoms with van der Waals surface area (Å²) in [5, 5.41) is 87.1. The number of unbranched alkanes of at least 4 members (excludes halogenated alkanes) is 30. The van der Waals surface area contributed by atoms with Crippen molar-refractivity contribution >= 4 is 5.91 Å². The van der Waals surface area contributed by atoms with E-state index in [0.717, 1.165) is 44.9 Å². The lowest BCUT2D eigenvalue weighted by molar-refractivity contribution is -0.359. The van der Waals surface area contributed by atoms with Crippen LogP contribution in [-0.4, -0.2) is 140 Å². The predicted octanol–water partition coefficient (Wildman–Crippen LogP) is 10.8. The fraction of sp³-hybridized carbons (Fsp3) is 0.855. The summed E-state index contributed by atoms with van der Waals surface area (Å²) < 4.78 is 22.8. The first-order valence-corrected chi connectivity index (χ1v) is 30.9. The fourth-order valence-corrected chi connectivity index (χ4v) is 9.99. The Labute approximate surface area is 461 Å². The molecule has 76 heavy (non-hydrogen) atoms. The van der Waals surface area contributed by atoms with Crippen LogP contribution in [0.3, 0.4) is 0 Å². The van der Waals surface area contributed by atoms with E-state index in [0.29, 0.717) is 12.8 Å². The Hall–Kier alpha value is -2.05. The number of allylic oxidation sites excluding steroid dienone is 7. The number of aliphatic hydroxyl groups is 8. The zero-order valence-electron chi connectivity index (χ0n) is 47.7. The van der Waals surface area contributed by atoms with E-state index in [4.69, 9.17) is 18.9 Å². The van der Waals surface area contributed by atoms with Crippen LogP contribution in [0.5, 0.6) is 0 Å². The summed E-state index contributed by atoms with van der Waals surface area (Å²) in [4.78, 5) is 13.3. The molecule has 0 aromatic carbocycles. The summed E-state index contributed by atoms with van der Waals surface area (Å²) in [6, 6.07) is -0.935. The molecule has 2 aliphatic heterocycles. The van der Waals surface area contributed by atoms with Gasteiger partial charge in [0.25, 0.3) is 0 Å². The molecular weight excluding hydrogens is 967 g/mol. The molecular formula is C62H113NO13. The van der Waals surface area contributed by atoms with E-state index in [9.17, 15) is 45.6 Å². The van der Waals surface area contributed by atoms with E-state index < -0.39 is 86.8 Å². The minimum atomic E-state index is -1.79. The van der Waals surface area contributed by atoms with Crippen molar-refractivity contribution in [2.75, 3.05) is 19.8 Å². The molecule has 0 saturated carbocycles. The van der Waals surface area contributed by atoms with Gasteiger partial charge in [-0.3, -0.25) is 4.79 Å². The van der Waals surface area contributed by atoms with Crippen molar-refractivity contribution in [3.8, 4) is 0 Å². The minimum Gasteiger partial charge on any atom is -0.394 e. The highest BCUT2D eigenvalue weighted by atomic mass is 16.7. The van der Waals surface area contributed by atoms with Gasteiger partial charge in [-0.25, -0.2) is 0 Å². The van der Waals surface area contributed by atoms with Crippen molar-refractivity contribution in [1.82, 2.24) is 5.32 Å². The molecule has 2 rings (SSSR count). The Morgan fingerprint density at radius 3 is 1.39 bits per heavy atom. The number of amides is 1. The summed E-state index contributed by atoms with van der Waals surface area (Å²) in [6.07, 6.45) is 42.9. The first-order chi connectivity index (χ1) is 37.1. The fourth-order valence-electron chi connectivity index (χ4n) is 9.99. The van der Waals surface area contributed by atoms with Crippen LogP contribution < -0.4 is 5.32 Å². The maximum Gasteiger partial charge on any atom is 0.220 e. The third-order valence-corrected chi connectivity index (χ3v) is 15.0. The zero-order valence-corrected chi connectivity index (χ0v) is 47.7. The molecule has 9 N–H and O–H groups in total. The molecule has 2 heterocycles.